The molecule has 2 unspecified atom stereocenters. The number of rotatable bonds is 8. The van der Waals surface area contributed by atoms with E-state index in [0.29, 0.717) is 18.4 Å². The number of pyridine rings is 1. The van der Waals surface area contributed by atoms with E-state index in [0.717, 1.165) is 30.8 Å². The maximum atomic E-state index is 13.4. The molecule has 1 aromatic heterocycles. The van der Waals surface area contributed by atoms with Gasteiger partial charge in [-0.1, -0.05) is 0 Å². The average molecular weight is 540 g/mol. The number of benzene rings is 1. The summed E-state index contributed by atoms with van der Waals surface area (Å²) in [6.45, 7) is -0.363. The normalized spacial score (nSPS) is 21.2. The number of nitrogens with one attached hydrogen (secondary N) is 2. The number of amides is 2. The Kier molecular flexibility index (Phi) is 7.31. The fourth-order valence-electron chi connectivity index (χ4n) is 5.04. The Morgan fingerprint density at radius 2 is 1.66 bits per heavy atom. The van der Waals surface area contributed by atoms with Crippen LogP contribution in [0.3, 0.4) is 0 Å². The van der Waals surface area contributed by atoms with Gasteiger partial charge >= 0.3 is 12.1 Å². The summed E-state index contributed by atoms with van der Waals surface area (Å²) in [6.07, 6.45) is -1.25. The second-order valence-corrected chi connectivity index (χ2v) is 9.58. The second-order valence-electron chi connectivity index (χ2n) is 9.58. The molecule has 0 aliphatic carbocycles. The van der Waals surface area contributed by atoms with E-state index in [2.05, 4.69) is 15.2 Å². The molecule has 2 aromatic rings. The number of carbonyl (C=O) groups excluding carboxylic acids is 3. The zero-order chi connectivity index (χ0) is 27.8. The van der Waals surface area contributed by atoms with Crippen LogP contribution in [0, 0.1) is 0 Å². The highest BCUT2D eigenvalue weighted by Crippen LogP contribution is 2.39. The molecule has 2 aliphatic rings. The van der Waals surface area contributed by atoms with Gasteiger partial charge in [0.05, 0.1) is 12.1 Å². The van der Waals surface area contributed by atoms with E-state index in [-0.39, 0.29) is 35.0 Å². The first-order chi connectivity index (χ1) is 17.8. The van der Waals surface area contributed by atoms with Crippen molar-refractivity contribution in [2.45, 2.75) is 62.8 Å². The van der Waals surface area contributed by atoms with Crippen LogP contribution in [0.5, 0.6) is 0 Å². The number of primary amides is 1. The Labute approximate surface area is 214 Å². The van der Waals surface area contributed by atoms with Crippen molar-refractivity contribution in [3.8, 4) is 0 Å². The van der Waals surface area contributed by atoms with Crippen molar-refractivity contribution in [3.05, 3.63) is 53.2 Å². The molecule has 2 aliphatic heterocycles. The predicted molar refractivity (Wildman–Crippen MR) is 128 cm³/mol. The smallest absolute Gasteiger partial charge is 0.378 e. The fourth-order valence-corrected chi connectivity index (χ4v) is 5.04. The minimum atomic E-state index is -5.79. The second kappa shape index (κ2) is 10.2. The van der Waals surface area contributed by atoms with Crippen LogP contribution in [0.25, 0.3) is 0 Å². The van der Waals surface area contributed by atoms with Crippen molar-refractivity contribution >= 4 is 29.1 Å². The number of aromatic nitrogens is 1. The Morgan fingerprint density at radius 1 is 1.03 bits per heavy atom. The van der Waals surface area contributed by atoms with Gasteiger partial charge in [0.1, 0.15) is 5.82 Å². The number of nitrogens with zero attached hydrogens (tertiary/aromatic N) is 2. The monoisotopic (exact) mass is 539 g/mol. The van der Waals surface area contributed by atoms with Crippen molar-refractivity contribution in [1.82, 2.24) is 10.3 Å². The first-order valence-electron chi connectivity index (χ1n) is 12.0. The minimum absolute atomic E-state index is 0.0240. The van der Waals surface area contributed by atoms with Crippen molar-refractivity contribution < 1.29 is 36.3 Å². The highest BCUT2D eigenvalue weighted by Gasteiger charge is 2.57. The van der Waals surface area contributed by atoms with Gasteiger partial charge in [-0.05, 0) is 62.9 Å². The largest absolute Gasteiger partial charge is 0.455 e. The molecule has 0 radical (unpaired) electrons. The number of fused-ring (bicyclic) bond motifs is 2. The Bertz CT molecular complexity index is 1220. The summed E-state index contributed by atoms with van der Waals surface area (Å²) >= 11 is 0. The van der Waals surface area contributed by atoms with E-state index < -0.39 is 36.1 Å². The van der Waals surface area contributed by atoms with Crippen molar-refractivity contribution in [1.29, 1.82) is 0 Å². The molecule has 38 heavy (non-hydrogen) atoms. The summed E-state index contributed by atoms with van der Waals surface area (Å²) in [5.41, 5.74) is 4.99. The summed E-state index contributed by atoms with van der Waals surface area (Å²) in [6, 6.07) is 6.92. The number of ketones is 1. The zero-order valence-corrected chi connectivity index (χ0v) is 20.3. The fraction of sp³-hybridized carbons (Fsp3) is 0.440. The number of nitrogens with two attached hydrogens (primary N) is 1. The summed E-state index contributed by atoms with van der Waals surface area (Å²) < 4.78 is 64.5. The summed E-state index contributed by atoms with van der Waals surface area (Å²) in [5.74, 6) is -6.00. The van der Waals surface area contributed by atoms with Crippen molar-refractivity contribution in [3.63, 3.8) is 0 Å². The zero-order valence-electron chi connectivity index (χ0n) is 20.3. The molecule has 2 amide bonds. The molecule has 2 fully saturated rings. The standard InChI is InChI=1S/C25H26F5N5O3/c1-13(36)15-3-7-21(32-11-15)35-17-4-5-18(35)10-16(9-17)34-23(38)14-2-6-19(22(31)37)20(8-14)33-12-24(26,27)25(28,29)30/h2-3,6-8,11,16-18,33H,4-5,9-10,12H2,1H3,(H2,31,37)(H,34,38). The van der Waals surface area contributed by atoms with E-state index in [9.17, 15) is 36.3 Å². The van der Waals surface area contributed by atoms with Gasteiger partial charge in [-0.25, -0.2) is 4.98 Å². The third-order valence-electron chi connectivity index (χ3n) is 6.95. The van der Waals surface area contributed by atoms with Crippen LogP contribution in [0.4, 0.5) is 33.5 Å². The predicted octanol–water partition coefficient (Wildman–Crippen LogP) is 3.92. The van der Waals surface area contributed by atoms with E-state index in [4.69, 9.17) is 5.73 Å². The number of Topliss-reactive ketones (excluding diaryl/α,β-unsaturated/α-hetero) is 1. The maximum absolute atomic E-state index is 13.4. The molecule has 2 atom stereocenters. The third-order valence-corrected chi connectivity index (χ3v) is 6.95. The maximum Gasteiger partial charge on any atom is 0.455 e. The van der Waals surface area contributed by atoms with Crippen LogP contribution in [0.2, 0.25) is 0 Å². The van der Waals surface area contributed by atoms with Gasteiger partial charge in [0.25, 0.3) is 11.8 Å². The number of carbonyl (C=O) groups is 3. The first kappa shape index (κ1) is 27.3. The van der Waals surface area contributed by atoms with Crippen molar-refractivity contribution in [2.75, 3.05) is 16.8 Å². The summed E-state index contributed by atoms with van der Waals surface area (Å²) in [5, 5.41) is 4.82. The van der Waals surface area contributed by atoms with Gasteiger partial charge in [0, 0.05) is 41.1 Å². The molecule has 4 N–H and O–H groups in total. The lowest BCUT2D eigenvalue weighted by Crippen LogP contribution is -2.50. The van der Waals surface area contributed by atoms with Crippen LogP contribution in [-0.2, 0) is 0 Å². The highest BCUT2D eigenvalue weighted by molar-refractivity contribution is 6.02. The topological polar surface area (TPSA) is 117 Å². The SMILES string of the molecule is CC(=O)c1ccc(N2C3CCC2CC(NC(=O)c2ccc(C(N)=O)c(NCC(F)(F)C(F)(F)F)c2)C3)nc1. The van der Waals surface area contributed by atoms with Gasteiger partial charge in [0.2, 0.25) is 0 Å². The number of alkyl halides is 5. The average Bonchev–Trinajstić information content (AvgIpc) is 3.11. The third kappa shape index (κ3) is 5.55. The first-order valence-corrected chi connectivity index (χ1v) is 12.0. The Morgan fingerprint density at radius 3 is 2.18 bits per heavy atom. The lowest BCUT2D eigenvalue weighted by molar-refractivity contribution is -0.275. The van der Waals surface area contributed by atoms with Crippen molar-refractivity contribution in [2.24, 2.45) is 5.73 Å². The number of hydrogen-bond donors (Lipinski definition) is 3. The molecule has 1 aromatic carbocycles. The van der Waals surface area contributed by atoms with E-state index in [1.165, 1.54) is 19.2 Å². The van der Waals surface area contributed by atoms with Gasteiger partial charge in [-0.15, -0.1) is 0 Å². The highest BCUT2D eigenvalue weighted by atomic mass is 19.4. The molecule has 13 heteroatoms. The quantitative estimate of drug-likeness (QED) is 0.346. The summed E-state index contributed by atoms with van der Waals surface area (Å²) in [7, 11) is 0. The van der Waals surface area contributed by atoms with E-state index in [1.54, 1.807) is 12.1 Å². The Balaban J connectivity index is 1.44. The number of halogens is 5. The lowest BCUT2D eigenvalue weighted by atomic mass is 9.96. The molecule has 2 saturated heterocycles. The minimum Gasteiger partial charge on any atom is -0.378 e. The molecular formula is C25H26F5N5O3. The molecule has 0 saturated carbocycles. The molecule has 8 nitrogen and oxygen atoms in total. The molecule has 4 rings (SSSR count). The van der Waals surface area contributed by atoms with Crippen LogP contribution >= 0.6 is 0 Å². The van der Waals surface area contributed by atoms with Gasteiger partial charge in [-0.3, -0.25) is 14.4 Å². The Hall–Kier alpha value is -3.77. The molecule has 3 heterocycles. The van der Waals surface area contributed by atoms with E-state index >= 15 is 0 Å². The van der Waals surface area contributed by atoms with Crippen LogP contribution in [0.15, 0.2) is 36.5 Å². The molecule has 0 spiro atoms. The number of piperidine rings is 1. The van der Waals surface area contributed by atoms with Gasteiger partial charge in [0.15, 0.2) is 5.78 Å². The van der Waals surface area contributed by atoms with Crippen LogP contribution in [-0.4, -0.2) is 59.4 Å². The summed E-state index contributed by atoms with van der Waals surface area (Å²) in [4.78, 5) is 42.8. The van der Waals surface area contributed by atoms with Gasteiger partial charge in [-0.2, -0.15) is 22.0 Å². The molecule has 204 valence electrons. The number of hydrogen-bond acceptors (Lipinski definition) is 6. The van der Waals surface area contributed by atoms with Gasteiger partial charge < -0.3 is 21.3 Å². The van der Waals surface area contributed by atoms with E-state index in [1.807, 2.05) is 5.32 Å². The lowest BCUT2D eigenvalue weighted by Gasteiger charge is -2.40. The molecule has 2 bridgehead atoms. The molecular weight excluding hydrogens is 513 g/mol. The number of anilines is 2. The van der Waals surface area contributed by atoms with Crippen LogP contribution < -0.4 is 21.3 Å². The van der Waals surface area contributed by atoms with Crippen LogP contribution in [0.1, 0.15) is 63.7 Å².